The van der Waals surface area contributed by atoms with E-state index in [9.17, 15) is 0 Å². The van der Waals surface area contributed by atoms with Gasteiger partial charge in [-0.05, 0) is 28.4 Å². The molecule has 0 bridgehead atoms. The smallest absolute Gasteiger partial charge is 0.236 e. The van der Waals surface area contributed by atoms with Crippen LogP contribution in [0.2, 0.25) is 0 Å². The second-order valence-electron chi connectivity index (χ2n) is 3.36. The second-order valence-corrected chi connectivity index (χ2v) is 4.17. The first-order chi connectivity index (χ1) is 7.75. The number of benzene rings is 1. The third-order valence-electron chi connectivity index (χ3n) is 2.10. The van der Waals surface area contributed by atoms with Crippen molar-refractivity contribution in [2.24, 2.45) is 0 Å². The van der Waals surface area contributed by atoms with Crippen molar-refractivity contribution in [2.45, 2.75) is 13.5 Å². The maximum atomic E-state index is 5.60. The molecule has 0 unspecified atom stereocenters. The van der Waals surface area contributed by atoms with Gasteiger partial charge in [-0.3, -0.25) is 4.98 Å². The minimum Gasteiger partial charge on any atom is -0.471 e. The molecule has 0 radical (unpaired) electrons. The molecular weight excluding hydrogens is 268 g/mol. The largest absolute Gasteiger partial charge is 0.471 e. The summed E-state index contributed by atoms with van der Waals surface area (Å²) in [4.78, 5) is 8.38. The molecule has 16 heavy (non-hydrogen) atoms. The molecule has 0 saturated heterocycles. The Hall–Kier alpha value is -1.42. The maximum Gasteiger partial charge on any atom is 0.236 e. The summed E-state index contributed by atoms with van der Waals surface area (Å²) in [6, 6.07) is 9.98. The van der Waals surface area contributed by atoms with Crippen LogP contribution in [-0.2, 0) is 6.61 Å². The van der Waals surface area contributed by atoms with Gasteiger partial charge in [0.05, 0.1) is 11.9 Å². The molecule has 4 heteroatoms. The van der Waals surface area contributed by atoms with E-state index in [1.807, 2.05) is 37.3 Å². The molecule has 0 aliphatic rings. The van der Waals surface area contributed by atoms with Crippen molar-refractivity contribution in [2.75, 3.05) is 0 Å². The number of nitrogens with zero attached hydrogens (tertiary/aromatic N) is 2. The van der Waals surface area contributed by atoms with Gasteiger partial charge in [-0.1, -0.05) is 30.3 Å². The molecule has 82 valence electrons. The van der Waals surface area contributed by atoms with E-state index in [0.717, 1.165) is 11.3 Å². The summed E-state index contributed by atoms with van der Waals surface area (Å²) in [5.41, 5.74) is 1.91. The summed E-state index contributed by atoms with van der Waals surface area (Å²) in [6.07, 6.45) is 1.66. The average Bonchev–Trinajstić information content (AvgIpc) is 2.32. The van der Waals surface area contributed by atoms with Gasteiger partial charge in [0.2, 0.25) is 5.88 Å². The van der Waals surface area contributed by atoms with Crippen LogP contribution in [0, 0.1) is 6.92 Å². The first-order valence-corrected chi connectivity index (χ1v) is 5.71. The molecule has 0 atom stereocenters. The van der Waals surface area contributed by atoms with Gasteiger partial charge in [-0.2, -0.15) is 0 Å². The summed E-state index contributed by atoms with van der Waals surface area (Å²) < 4.78 is 6.28. The highest BCUT2D eigenvalue weighted by Crippen LogP contribution is 2.16. The van der Waals surface area contributed by atoms with Gasteiger partial charge in [0.15, 0.2) is 0 Å². The highest BCUT2D eigenvalue weighted by atomic mass is 79.9. The fourth-order valence-corrected chi connectivity index (χ4v) is 1.54. The van der Waals surface area contributed by atoms with Gasteiger partial charge >= 0.3 is 0 Å². The van der Waals surface area contributed by atoms with Crippen LogP contribution in [-0.4, -0.2) is 9.97 Å². The predicted molar refractivity (Wildman–Crippen MR) is 65.2 cm³/mol. The monoisotopic (exact) mass is 278 g/mol. The van der Waals surface area contributed by atoms with E-state index in [1.165, 1.54) is 0 Å². The first kappa shape index (κ1) is 11.1. The number of hydrogen-bond donors (Lipinski definition) is 0. The van der Waals surface area contributed by atoms with Crippen LogP contribution in [0.25, 0.3) is 0 Å². The van der Waals surface area contributed by atoms with Gasteiger partial charge in [-0.15, -0.1) is 0 Å². The lowest BCUT2D eigenvalue weighted by atomic mass is 10.2. The summed E-state index contributed by atoms with van der Waals surface area (Å²) >= 11 is 3.27. The standard InChI is InChI=1S/C12H11BrN2O/c1-9-12(15-11(13)7-14-9)16-8-10-5-3-2-4-6-10/h2-7H,8H2,1H3. The molecule has 0 saturated carbocycles. The summed E-state index contributed by atoms with van der Waals surface area (Å²) in [5.74, 6) is 0.568. The van der Waals surface area contributed by atoms with Crippen molar-refractivity contribution >= 4 is 15.9 Å². The van der Waals surface area contributed by atoms with Crippen LogP contribution < -0.4 is 4.74 Å². The lowest BCUT2D eigenvalue weighted by Gasteiger charge is -2.07. The summed E-state index contributed by atoms with van der Waals surface area (Å²) in [5, 5.41) is 0. The molecule has 0 N–H and O–H groups in total. The molecule has 1 aromatic carbocycles. The SMILES string of the molecule is Cc1ncc(Br)nc1OCc1ccccc1. The Bertz CT molecular complexity index is 474. The van der Waals surface area contributed by atoms with Crippen LogP contribution in [0.4, 0.5) is 0 Å². The van der Waals surface area contributed by atoms with Gasteiger partial charge < -0.3 is 4.74 Å². The molecule has 2 aromatic rings. The zero-order valence-electron chi connectivity index (χ0n) is 8.85. The van der Waals surface area contributed by atoms with Crippen LogP contribution in [0.5, 0.6) is 5.88 Å². The van der Waals surface area contributed by atoms with Crippen LogP contribution >= 0.6 is 15.9 Å². The van der Waals surface area contributed by atoms with Crippen molar-refractivity contribution in [3.05, 3.63) is 52.4 Å². The van der Waals surface area contributed by atoms with E-state index in [4.69, 9.17) is 4.74 Å². The third-order valence-corrected chi connectivity index (χ3v) is 2.48. The third kappa shape index (κ3) is 2.79. The van der Waals surface area contributed by atoms with Crippen molar-refractivity contribution < 1.29 is 4.74 Å². The number of halogens is 1. The van der Waals surface area contributed by atoms with E-state index in [2.05, 4.69) is 25.9 Å². The van der Waals surface area contributed by atoms with E-state index >= 15 is 0 Å². The predicted octanol–water partition coefficient (Wildman–Crippen LogP) is 3.13. The Morgan fingerprint density at radius 3 is 2.75 bits per heavy atom. The Morgan fingerprint density at radius 2 is 2.00 bits per heavy atom. The number of rotatable bonds is 3. The number of hydrogen-bond acceptors (Lipinski definition) is 3. The number of aromatic nitrogens is 2. The van der Waals surface area contributed by atoms with Crippen LogP contribution in [0.1, 0.15) is 11.3 Å². The maximum absolute atomic E-state index is 5.60. The van der Waals surface area contributed by atoms with E-state index in [1.54, 1.807) is 6.20 Å². The minimum atomic E-state index is 0.507. The highest BCUT2D eigenvalue weighted by Gasteiger charge is 2.03. The Labute approximate surface area is 103 Å². The lowest BCUT2D eigenvalue weighted by molar-refractivity contribution is 0.289. The Kier molecular flexibility index (Phi) is 3.51. The lowest BCUT2D eigenvalue weighted by Crippen LogP contribution is -2.00. The molecule has 0 fully saturated rings. The van der Waals surface area contributed by atoms with E-state index < -0.39 is 0 Å². The van der Waals surface area contributed by atoms with Gasteiger partial charge in [0, 0.05) is 0 Å². The molecule has 1 aromatic heterocycles. The molecule has 1 heterocycles. The van der Waals surface area contributed by atoms with Crippen LogP contribution in [0.3, 0.4) is 0 Å². The van der Waals surface area contributed by atoms with E-state index in [-0.39, 0.29) is 0 Å². The molecule has 0 amide bonds. The van der Waals surface area contributed by atoms with Gasteiger partial charge in [0.25, 0.3) is 0 Å². The van der Waals surface area contributed by atoms with Crippen molar-refractivity contribution in [1.29, 1.82) is 0 Å². The van der Waals surface area contributed by atoms with Crippen molar-refractivity contribution in [3.8, 4) is 5.88 Å². The second kappa shape index (κ2) is 5.07. The van der Waals surface area contributed by atoms with Gasteiger partial charge in [0.1, 0.15) is 11.2 Å². The Morgan fingerprint density at radius 1 is 1.25 bits per heavy atom. The van der Waals surface area contributed by atoms with Crippen molar-refractivity contribution in [1.82, 2.24) is 9.97 Å². The summed E-state index contributed by atoms with van der Waals surface area (Å²) in [7, 11) is 0. The van der Waals surface area contributed by atoms with E-state index in [0.29, 0.717) is 17.1 Å². The van der Waals surface area contributed by atoms with Crippen LogP contribution in [0.15, 0.2) is 41.1 Å². The molecule has 3 nitrogen and oxygen atoms in total. The zero-order chi connectivity index (χ0) is 11.4. The number of aryl methyl sites for hydroxylation is 1. The quantitative estimate of drug-likeness (QED) is 0.865. The normalized spacial score (nSPS) is 10.1. The van der Waals surface area contributed by atoms with Gasteiger partial charge in [-0.25, -0.2) is 4.98 Å². The zero-order valence-corrected chi connectivity index (χ0v) is 10.4. The molecule has 0 aliphatic heterocycles. The molecule has 0 aliphatic carbocycles. The number of ether oxygens (including phenoxy) is 1. The Balaban J connectivity index is 2.08. The molecule has 2 rings (SSSR count). The first-order valence-electron chi connectivity index (χ1n) is 4.91. The minimum absolute atomic E-state index is 0.507. The summed E-state index contributed by atoms with van der Waals surface area (Å²) in [6.45, 7) is 2.38. The van der Waals surface area contributed by atoms with Crippen molar-refractivity contribution in [3.63, 3.8) is 0 Å². The molecular formula is C12H11BrN2O. The molecule has 0 spiro atoms. The topological polar surface area (TPSA) is 35.0 Å². The fourth-order valence-electron chi connectivity index (χ4n) is 1.27. The fraction of sp³-hybridized carbons (Fsp3) is 0.167. The highest BCUT2D eigenvalue weighted by molar-refractivity contribution is 9.10. The average molecular weight is 279 g/mol.